The predicted molar refractivity (Wildman–Crippen MR) is 128 cm³/mol. The maximum Gasteiger partial charge on any atom is 0.233 e. The quantitative estimate of drug-likeness (QED) is 0.488. The van der Waals surface area contributed by atoms with Gasteiger partial charge in [-0.25, -0.2) is 0 Å². The van der Waals surface area contributed by atoms with Crippen molar-refractivity contribution in [2.45, 2.75) is 18.6 Å². The van der Waals surface area contributed by atoms with Crippen LogP contribution >= 0.6 is 23.4 Å². The smallest absolute Gasteiger partial charge is 0.233 e. The van der Waals surface area contributed by atoms with Gasteiger partial charge in [-0.05, 0) is 36.2 Å². The first kappa shape index (κ1) is 22.6. The van der Waals surface area contributed by atoms with Crippen molar-refractivity contribution < 1.29 is 9.53 Å². The molecule has 1 saturated heterocycles. The van der Waals surface area contributed by atoms with E-state index in [4.69, 9.17) is 16.3 Å². The summed E-state index contributed by atoms with van der Waals surface area (Å²) in [6, 6.07) is 15.7. The van der Waals surface area contributed by atoms with Gasteiger partial charge in [0.2, 0.25) is 11.9 Å². The highest BCUT2D eigenvalue weighted by Crippen LogP contribution is 2.29. The van der Waals surface area contributed by atoms with Crippen LogP contribution in [0.3, 0.4) is 0 Å². The van der Waals surface area contributed by atoms with Crippen LogP contribution in [0.1, 0.15) is 11.1 Å². The monoisotopic (exact) mass is 471 g/mol. The zero-order valence-corrected chi connectivity index (χ0v) is 19.8. The Labute approximate surface area is 197 Å². The van der Waals surface area contributed by atoms with Crippen molar-refractivity contribution in [2.24, 2.45) is 0 Å². The van der Waals surface area contributed by atoms with Gasteiger partial charge in [-0.1, -0.05) is 53.7 Å². The summed E-state index contributed by atoms with van der Waals surface area (Å²) < 4.78 is 7.55. The summed E-state index contributed by atoms with van der Waals surface area (Å²) in [4.78, 5) is 16.7. The van der Waals surface area contributed by atoms with E-state index >= 15 is 0 Å². The second kappa shape index (κ2) is 10.4. The first-order valence-electron chi connectivity index (χ1n) is 10.5. The molecule has 0 unspecified atom stereocenters. The van der Waals surface area contributed by atoms with Gasteiger partial charge in [-0.3, -0.25) is 9.36 Å². The normalized spacial score (nSPS) is 13.9. The van der Waals surface area contributed by atoms with Crippen molar-refractivity contribution >= 4 is 35.2 Å². The molecule has 0 saturated carbocycles. The van der Waals surface area contributed by atoms with Crippen LogP contribution in [0.5, 0.6) is 0 Å². The zero-order chi connectivity index (χ0) is 22.5. The number of benzene rings is 2. The Hall–Kier alpha value is -2.55. The molecule has 0 aliphatic carbocycles. The fourth-order valence-electron chi connectivity index (χ4n) is 3.58. The van der Waals surface area contributed by atoms with Crippen LogP contribution in [0.25, 0.3) is 5.69 Å². The lowest BCUT2D eigenvalue weighted by Gasteiger charge is -2.28. The number of carbonyl (C=O) groups excluding carboxylic acids is 1. The van der Waals surface area contributed by atoms with Gasteiger partial charge in [0.1, 0.15) is 0 Å². The number of aromatic nitrogens is 3. The lowest BCUT2D eigenvalue weighted by atomic mass is 10.2. The molecule has 168 valence electrons. The van der Waals surface area contributed by atoms with Crippen molar-refractivity contribution in [1.29, 1.82) is 0 Å². The lowest BCUT2D eigenvalue weighted by Crippen LogP contribution is -2.38. The number of hydrogen-bond donors (Lipinski definition) is 0. The molecule has 4 rings (SSSR count). The number of morpholine rings is 1. The molecule has 32 heavy (non-hydrogen) atoms. The van der Waals surface area contributed by atoms with E-state index in [0.29, 0.717) is 29.9 Å². The van der Waals surface area contributed by atoms with E-state index in [2.05, 4.69) is 38.7 Å². The summed E-state index contributed by atoms with van der Waals surface area (Å²) in [5.41, 5.74) is 3.13. The molecule has 0 radical (unpaired) electrons. The Morgan fingerprint density at radius 2 is 1.94 bits per heavy atom. The van der Waals surface area contributed by atoms with E-state index in [1.807, 2.05) is 36.4 Å². The summed E-state index contributed by atoms with van der Waals surface area (Å²) in [5.74, 6) is 1.07. The van der Waals surface area contributed by atoms with E-state index in [1.165, 1.54) is 11.8 Å². The van der Waals surface area contributed by atoms with Gasteiger partial charge >= 0.3 is 0 Å². The Balaban J connectivity index is 1.52. The molecule has 9 heteroatoms. The van der Waals surface area contributed by atoms with Gasteiger partial charge < -0.3 is 14.5 Å². The Kier molecular flexibility index (Phi) is 7.34. The highest BCUT2D eigenvalue weighted by Gasteiger charge is 2.23. The van der Waals surface area contributed by atoms with Crippen LogP contribution in [0.2, 0.25) is 5.02 Å². The summed E-state index contributed by atoms with van der Waals surface area (Å²) in [7, 11) is 1.80. The van der Waals surface area contributed by atoms with Gasteiger partial charge in [-0.2, -0.15) is 0 Å². The molecule has 0 spiro atoms. The maximum atomic E-state index is 12.8. The summed E-state index contributed by atoms with van der Waals surface area (Å²) in [6.07, 6.45) is 0. The van der Waals surface area contributed by atoms with Crippen LogP contribution in [0, 0.1) is 6.92 Å². The minimum atomic E-state index is 0.0160. The van der Waals surface area contributed by atoms with E-state index in [-0.39, 0.29) is 11.7 Å². The Morgan fingerprint density at radius 3 is 2.69 bits per heavy atom. The number of rotatable bonds is 7. The van der Waals surface area contributed by atoms with Crippen LogP contribution in [-0.4, -0.2) is 64.7 Å². The number of anilines is 1. The Bertz CT molecular complexity index is 1080. The summed E-state index contributed by atoms with van der Waals surface area (Å²) >= 11 is 7.47. The molecule has 1 fully saturated rings. The van der Waals surface area contributed by atoms with Crippen molar-refractivity contribution in [3.8, 4) is 5.69 Å². The highest BCUT2D eigenvalue weighted by atomic mass is 35.5. The van der Waals surface area contributed by atoms with Gasteiger partial charge in [0.05, 0.1) is 24.7 Å². The van der Waals surface area contributed by atoms with E-state index in [1.54, 1.807) is 11.9 Å². The molecule has 1 amide bonds. The first-order valence-corrected chi connectivity index (χ1v) is 11.8. The van der Waals surface area contributed by atoms with Crippen LogP contribution in [-0.2, 0) is 16.1 Å². The van der Waals surface area contributed by atoms with Crippen molar-refractivity contribution in [2.75, 3.05) is 44.0 Å². The van der Waals surface area contributed by atoms with Crippen molar-refractivity contribution in [3.63, 3.8) is 0 Å². The molecule has 7 nitrogen and oxygen atoms in total. The molecule has 0 bridgehead atoms. The maximum absolute atomic E-state index is 12.8. The molecule has 1 aliphatic heterocycles. The number of halogens is 1. The standard InChI is InChI=1S/C23H26ClN5O2S/c1-17-6-3-4-9-20(17)29-22(28-10-12-31-13-11-28)25-26-23(29)32-16-21(30)27(2)15-18-7-5-8-19(24)14-18/h3-9,14H,10-13,15-16H2,1-2H3. The number of ether oxygens (including phenoxy) is 1. The van der Waals surface area contributed by atoms with Gasteiger partial charge in [0, 0.05) is 31.7 Å². The number of aryl methyl sites for hydroxylation is 1. The third kappa shape index (κ3) is 5.26. The number of thioether (sulfide) groups is 1. The molecule has 3 aromatic rings. The van der Waals surface area contributed by atoms with Crippen LogP contribution in [0.4, 0.5) is 5.95 Å². The fraction of sp³-hybridized carbons (Fsp3) is 0.348. The second-order valence-electron chi connectivity index (χ2n) is 7.67. The molecular weight excluding hydrogens is 446 g/mol. The third-order valence-electron chi connectivity index (χ3n) is 5.33. The molecule has 1 aromatic heterocycles. The predicted octanol–water partition coefficient (Wildman–Crippen LogP) is 3.82. The minimum Gasteiger partial charge on any atom is -0.378 e. The molecule has 0 atom stereocenters. The number of para-hydroxylation sites is 1. The SMILES string of the molecule is Cc1ccccc1-n1c(SCC(=O)N(C)Cc2cccc(Cl)c2)nnc1N1CCOCC1. The fourth-order valence-corrected chi connectivity index (χ4v) is 4.68. The molecular formula is C23H26ClN5O2S. The van der Waals surface area contributed by atoms with E-state index in [0.717, 1.165) is 35.9 Å². The van der Waals surface area contributed by atoms with E-state index < -0.39 is 0 Å². The molecule has 2 aromatic carbocycles. The topological polar surface area (TPSA) is 63.5 Å². The van der Waals surface area contributed by atoms with Gasteiger partial charge in [-0.15, -0.1) is 10.2 Å². The van der Waals surface area contributed by atoms with Crippen LogP contribution < -0.4 is 4.90 Å². The second-order valence-corrected chi connectivity index (χ2v) is 9.05. The summed E-state index contributed by atoms with van der Waals surface area (Å²) in [5, 5.41) is 10.3. The molecule has 1 aliphatic rings. The number of amides is 1. The zero-order valence-electron chi connectivity index (χ0n) is 18.2. The van der Waals surface area contributed by atoms with Gasteiger partial charge in [0.15, 0.2) is 5.16 Å². The molecule has 2 heterocycles. The lowest BCUT2D eigenvalue weighted by molar-refractivity contribution is -0.127. The highest BCUT2D eigenvalue weighted by molar-refractivity contribution is 7.99. The average Bonchev–Trinajstić information content (AvgIpc) is 3.22. The number of carbonyl (C=O) groups is 1. The van der Waals surface area contributed by atoms with Crippen molar-refractivity contribution in [3.05, 3.63) is 64.7 Å². The van der Waals surface area contributed by atoms with E-state index in [9.17, 15) is 4.79 Å². The van der Waals surface area contributed by atoms with Crippen LogP contribution in [0.15, 0.2) is 53.7 Å². The number of hydrogen-bond acceptors (Lipinski definition) is 6. The van der Waals surface area contributed by atoms with Crippen molar-refractivity contribution in [1.82, 2.24) is 19.7 Å². The average molecular weight is 472 g/mol. The van der Waals surface area contributed by atoms with Gasteiger partial charge in [0.25, 0.3) is 0 Å². The summed E-state index contributed by atoms with van der Waals surface area (Å²) in [6.45, 7) is 5.41. The molecule has 0 N–H and O–H groups in total. The first-order chi connectivity index (χ1) is 15.5. The largest absolute Gasteiger partial charge is 0.378 e. The number of nitrogens with zero attached hydrogens (tertiary/aromatic N) is 5. The minimum absolute atomic E-state index is 0.0160. The Morgan fingerprint density at radius 1 is 1.16 bits per heavy atom. The third-order valence-corrected chi connectivity index (χ3v) is 6.47.